The predicted octanol–water partition coefficient (Wildman–Crippen LogP) is 4.75. The standard InChI is InChI=1S/C14H10Cl3N3O2S2/c15-10-2-1-9(7-11(10)16)8-20-6-5-13(18-20)19-24(21,22)14-4-3-12(17)23-14/h1-7H,8H2,(H,18,19). The predicted molar refractivity (Wildman–Crippen MR) is 97.9 cm³/mol. The molecule has 0 radical (unpaired) electrons. The van der Waals surface area contributed by atoms with Crippen LogP contribution >= 0.6 is 46.1 Å². The van der Waals surface area contributed by atoms with E-state index in [0.717, 1.165) is 16.9 Å². The topological polar surface area (TPSA) is 64.0 Å². The second-order valence-corrected chi connectivity index (χ2v) is 9.25. The van der Waals surface area contributed by atoms with Gasteiger partial charge in [0.25, 0.3) is 10.0 Å². The molecule has 0 amide bonds. The van der Waals surface area contributed by atoms with Crippen molar-refractivity contribution in [1.29, 1.82) is 0 Å². The summed E-state index contributed by atoms with van der Waals surface area (Å²) < 4.78 is 29.0. The number of benzene rings is 1. The molecule has 24 heavy (non-hydrogen) atoms. The number of nitrogens with zero attached hydrogens (tertiary/aromatic N) is 2. The van der Waals surface area contributed by atoms with Crippen molar-refractivity contribution in [3.63, 3.8) is 0 Å². The third-order valence-electron chi connectivity index (χ3n) is 3.02. The summed E-state index contributed by atoms with van der Waals surface area (Å²) in [6, 6.07) is 9.82. The number of thiophene rings is 1. The summed E-state index contributed by atoms with van der Waals surface area (Å²) in [5.41, 5.74) is 0.895. The Morgan fingerprint density at radius 1 is 1.08 bits per heavy atom. The molecule has 0 aliphatic carbocycles. The second-order valence-electron chi connectivity index (χ2n) is 4.81. The van der Waals surface area contributed by atoms with Gasteiger partial charge in [0.2, 0.25) is 0 Å². The Labute approximate surface area is 157 Å². The van der Waals surface area contributed by atoms with E-state index in [9.17, 15) is 8.42 Å². The van der Waals surface area contributed by atoms with Gasteiger partial charge in [-0.1, -0.05) is 40.9 Å². The first-order chi connectivity index (χ1) is 11.3. The van der Waals surface area contributed by atoms with Gasteiger partial charge in [-0.15, -0.1) is 11.3 Å². The fourth-order valence-corrected chi connectivity index (χ4v) is 4.76. The molecule has 0 saturated heterocycles. The maximum absolute atomic E-state index is 12.2. The van der Waals surface area contributed by atoms with E-state index in [1.165, 1.54) is 12.1 Å². The molecule has 0 spiro atoms. The summed E-state index contributed by atoms with van der Waals surface area (Å²) in [5.74, 6) is 0.222. The zero-order chi connectivity index (χ0) is 17.3. The monoisotopic (exact) mass is 421 g/mol. The van der Waals surface area contributed by atoms with E-state index in [1.54, 1.807) is 29.1 Å². The summed E-state index contributed by atoms with van der Waals surface area (Å²) in [6.07, 6.45) is 1.67. The van der Waals surface area contributed by atoms with Crippen molar-refractivity contribution in [2.75, 3.05) is 4.72 Å². The van der Waals surface area contributed by atoms with E-state index >= 15 is 0 Å². The molecule has 10 heteroatoms. The minimum atomic E-state index is -3.69. The van der Waals surface area contributed by atoms with Gasteiger partial charge < -0.3 is 0 Å². The van der Waals surface area contributed by atoms with E-state index in [4.69, 9.17) is 34.8 Å². The quantitative estimate of drug-likeness (QED) is 0.645. The lowest BCUT2D eigenvalue weighted by Gasteiger charge is -2.05. The molecule has 0 saturated carbocycles. The van der Waals surface area contributed by atoms with Crippen LogP contribution in [-0.2, 0) is 16.6 Å². The Balaban J connectivity index is 1.74. The van der Waals surface area contributed by atoms with E-state index in [2.05, 4.69) is 9.82 Å². The summed E-state index contributed by atoms with van der Waals surface area (Å²) >= 11 is 18.6. The van der Waals surface area contributed by atoms with Gasteiger partial charge in [-0.05, 0) is 29.8 Å². The zero-order valence-corrected chi connectivity index (χ0v) is 15.8. The average molecular weight is 423 g/mol. The Morgan fingerprint density at radius 2 is 1.88 bits per heavy atom. The van der Waals surface area contributed by atoms with Crippen LogP contribution in [0, 0.1) is 0 Å². The molecule has 2 aromatic heterocycles. The molecule has 126 valence electrons. The maximum atomic E-state index is 12.2. The normalized spacial score (nSPS) is 11.6. The lowest BCUT2D eigenvalue weighted by molar-refractivity contribution is 0.602. The summed E-state index contributed by atoms with van der Waals surface area (Å²) in [5, 5.41) is 5.13. The van der Waals surface area contributed by atoms with Crippen LogP contribution in [0.25, 0.3) is 0 Å². The molecule has 5 nitrogen and oxygen atoms in total. The highest BCUT2D eigenvalue weighted by Gasteiger charge is 2.18. The highest BCUT2D eigenvalue weighted by molar-refractivity contribution is 7.94. The number of hydrogen-bond acceptors (Lipinski definition) is 4. The van der Waals surface area contributed by atoms with Gasteiger partial charge in [0.05, 0.1) is 20.9 Å². The number of nitrogens with one attached hydrogen (secondary N) is 1. The van der Waals surface area contributed by atoms with E-state index in [-0.39, 0.29) is 10.0 Å². The van der Waals surface area contributed by atoms with Gasteiger partial charge >= 0.3 is 0 Å². The van der Waals surface area contributed by atoms with Gasteiger partial charge in [0.1, 0.15) is 4.21 Å². The Bertz CT molecular complexity index is 983. The molecule has 0 unspecified atom stereocenters. The first-order valence-electron chi connectivity index (χ1n) is 6.59. The van der Waals surface area contributed by atoms with Crippen LogP contribution in [0.2, 0.25) is 14.4 Å². The zero-order valence-electron chi connectivity index (χ0n) is 11.9. The van der Waals surface area contributed by atoms with E-state index < -0.39 is 10.0 Å². The van der Waals surface area contributed by atoms with Gasteiger partial charge in [0.15, 0.2) is 5.82 Å². The first-order valence-corrected chi connectivity index (χ1v) is 10.0. The van der Waals surface area contributed by atoms with Crippen molar-refractivity contribution in [2.24, 2.45) is 0 Å². The summed E-state index contributed by atoms with van der Waals surface area (Å²) in [4.78, 5) is 0. The van der Waals surface area contributed by atoms with Crippen molar-refractivity contribution in [2.45, 2.75) is 10.8 Å². The molecule has 0 aliphatic rings. The first kappa shape index (κ1) is 17.6. The third kappa shape index (κ3) is 4.04. The van der Waals surface area contributed by atoms with E-state index in [1.807, 2.05) is 6.07 Å². The fourth-order valence-electron chi connectivity index (χ4n) is 1.96. The molecule has 1 aromatic carbocycles. The number of sulfonamides is 1. The van der Waals surface area contributed by atoms with Gasteiger partial charge in [0, 0.05) is 12.3 Å². The fraction of sp³-hybridized carbons (Fsp3) is 0.0714. The minimum absolute atomic E-state index is 0.131. The molecule has 3 rings (SSSR count). The van der Waals surface area contributed by atoms with Crippen LogP contribution in [0.5, 0.6) is 0 Å². The van der Waals surface area contributed by atoms with Crippen molar-refractivity contribution in [3.8, 4) is 0 Å². The minimum Gasteiger partial charge on any atom is -0.266 e. The summed E-state index contributed by atoms with van der Waals surface area (Å²) in [7, 11) is -3.69. The van der Waals surface area contributed by atoms with Crippen molar-refractivity contribution < 1.29 is 8.42 Å². The van der Waals surface area contributed by atoms with Crippen molar-refractivity contribution >= 4 is 62.0 Å². The smallest absolute Gasteiger partial charge is 0.266 e. The molecule has 0 fully saturated rings. The highest BCUT2D eigenvalue weighted by atomic mass is 35.5. The Morgan fingerprint density at radius 3 is 2.54 bits per heavy atom. The van der Waals surface area contributed by atoms with Gasteiger partial charge in [-0.25, -0.2) is 8.42 Å². The van der Waals surface area contributed by atoms with Crippen molar-refractivity contribution in [1.82, 2.24) is 9.78 Å². The van der Waals surface area contributed by atoms with Gasteiger partial charge in [-0.2, -0.15) is 5.10 Å². The van der Waals surface area contributed by atoms with Crippen LogP contribution in [0.1, 0.15) is 5.56 Å². The molecule has 0 bridgehead atoms. The number of halogens is 3. The molecule has 3 aromatic rings. The van der Waals surface area contributed by atoms with Crippen LogP contribution in [-0.4, -0.2) is 18.2 Å². The Hall–Kier alpha value is -1.25. The molecular weight excluding hydrogens is 413 g/mol. The third-order valence-corrected chi connectivity index (χ3v) is 6.84. The van der Waals surface area contributed by atoms with Crippen LogP contribution in [0.15, 0.2) is 46.8 Å². The molecule has 2 heterocycles. The second kappa shape index (κ2) is 6.93. The molecule has 0 atom stereocenters. The largest absolute Gasteiger partial charge is 0.272 e. The lowest BCUT2D eigenvalue weighted by Crippen LogP contribution is -2.12. The maximum Gasteiger partial charge on any atom is 0.272 e. The highest BCUT2D eigenvalue weighted by Crippen LogP contribution is 2.27. The van der Waals surface area contributed by atoms with Crippen molar-refractivity contribution in [3.05, 3.63) is 62.5 Å². The number of anilines is 1. The molecule has 0 aliphatic heterocycles. The Kier molecular flexibility index (Phi) is 5.08. The average Bonchev–Trinajstić information content (AvgIpc) is 3.12. The van der Waals surface area contributed by atoms with Crippen LogP contribution in [0.4, 0.5) is 5.82 Å². The summed E-state index contributed by atoms with van der Waals surface area (Å²) in [6.45, 7) is 0.434. The number of aromatic nitrogens is 2. The number of hydrogen-bond donors (Lipinski definition) is 1. The SMILES string of the molecule is O=S(=O)(Nc1ccn(Cc2ccc(Cl)c(Cl)c2)n1)c1ccc(Cl)s1. The van der Waals surface area contributed by atoms with Gasteiger partial charge in [-0.3, -0.25) is 9.40 Å². The van der Waals surface area contributed by atoms with Crippen LogP contribution < -0.4 is 4.72 Å². The van der Waals surface area contributed by atoms with Crippen LogP contribution in [0.3, 0.4) is 0 Å². The molecular formula is C14H10Cl3N3O2S2. The number of rotatable bonds is 5. The lowest BCUT2D eigenvalue weighted by atomic mass is 10.2. The van der Waals surface area contributed by atoms with E-state index in [0.29, 0.717) is 20.9 Å². The molecule has 1 N–H and O–H groups in total.